The van der Waals surface area contributed by atoms with E-state index in [0.717, 1.165) is 18.0 Å². The minimum absolute atomic E-state index is 0.0616. The number of carbonyl (C=O) groups excluding carboxylic acids is 1. The largest absolute Gasteiger partial charge is 0.337 e. The van der Waals surface area contributed by atoms with Crippen molar-refractivity contribution in [2.75, 3.05) is 26.2 Å². The molecule has 2 aliphatic rings. The maximum atomic E-state index is 13.1. The number of sulfonamides is 1. The predicted molar refractivity (Wildman–Crippen MR) is 94.7 cm³/mol. The van der Waals surface area contributed by atoms with Gasteiger partial charge in [0, 0.05) is 45.6 Å². The number of halogens is 1. The zero-order chi connectivity index (χ0) is 19.2. The summed E-state index contributed by atoms with van der Waals surface area (Å²) in [5.74, 6) is 0.295. The molecule has 1 aromatic carbocycles. The second-order valence-electron chi connectivity index (χ2n) is 6.78. The quantitative estimate of drug-likeness (QED) is 0.772. The summed E-state index contributed by atoms with van der Waals surface area (Å²) in [4.78, 5) is 20.4. The van der Waals surface area contributed by atoms with E-state index in [-0.39, 0.29) is 30.1 Å². The number of aryl methyl sites for hydroxylation is 1. The Hall–Kier alpha value is -2.46. The van der Waals surface area contributed by atoms with Crippen molar-refractivity contribution >= 4 is 16.1 Å². The number of nitrogens with zero attached hydrogens (tertiary/aromatic N) is 5. The van der Waals surface area contributed by atoms with Crippen molar-refractivity contribution in [2.24, 2.45) is 7.05 Å². The number of imidazole rings is 1. The van der Waals surface area contributed by atoms with Crippen LogP contribution in [0.25, 0.3) is 0 Å². The van der Waals surface area contributed by atoms with Crippen LogP contribution in [0.2, 0.25) is 0 Å². The van der Waals surface area contributed by atoms with Gasteiger partial charge in [0.05, 0.1) is 17.5 Å². The predicted octanol–water partition coefficient (Wildman–Crippen LogP) is 0.870. The minimum Gasteiger partial charge on any atom is -0.337 e. The highest BCUT2D eigenvalue weighted by Gasteiger charge is 2.43. The Morgan fingerprint density at radius 1 is 1.19 bits per heavy atom. The van der Waals surface area contributed by atoms with Crippen LogP contribution in [0.15, 0.2) is 41.6 Å². The van der Waals surface area contributed by atoms with E-state index in [9.17, 15) is 17.6 Å². The lowest BCUT2D eigenvalue weighted by Gasteiger charge is -2.35. The zero-order valence-electron chi connectivity index (χ0n) is 14.8. The van der Waals surface area contributed by atoms with Gasteiger partial charge in [0.1, 0.15) is 11.6 Å². The molecule has 4 rings (SSSR count). The van der Waals surface area contributed by atoms with Crippen LogP contribution >= 0.6 is 0 Å². The molecule has 1 unspecified atom stereocenters. The first-order valence-corrected chi connectivity index (χ1v) is 10.1. The number of hydrogen-bond acceptors (Lipinski definition) is 4. The van der Waals surface area contributed by atoms with E-state index in [2.05, 4.69) is 4.98 Å². The molecular weight excluding hydrogens is 373 g/mol. The summed E-state index contributed by atoms with van der Waals surface area (Å²) >= 11 is 0. The van der Waals surface area contributed by atoms with E-state index in [1.807, 2.05) is 17.8 Å². The van der Waals surface area contributed by atoms with Crippen LogP contribution < -0.4 is 0 Å². The molecule has 0 N–H and O–H groups in total. The number of hydrogen-bond donors (Lipinski definition) is 0. The fourth-order valence-electron chi connectivity index (χ4n) is 3.57. The summed E-state index contributed by atoms with van der Waals surface area (Å²) in [5, 5.41) is 0. The first-order chi connectivity index (χ1) is 12.9. The Labute approximate surface area is 156 Å². The molecule has 3 heterocycles. The summed E-state index contributed by atoms with van der Waals surface area (Å²) < 4.78 is 42.0. The molecule has 2 aliphatic heterocycles. The fraction of sp³-hybridized carbons (Fsp3) is 0.412. The number of rotatable bonds is 4. The first kappa shape index (κ1) is 17.9. The van der Waals surface area contributed by atoms with Gasteiger partial charge in [-0.1, -0.05) is 0 Å². The van der Waals surface area contributed by atoms with Crippen LogP contribution in [0.3, 0.4) is 0 Å². The molecule has 0 saturated carbocycles. The first-order valence-electron chi connectivity index (χ1n) is 8.64. The van der Waals surface area contributed by atoms with Crippen LogP contribution in [0.5, 0.6) is 0 Å². The molecule has 144 valence electrons. The van der Waals surface area contributed by atoms with Crippen molar-refractivity contribution in [3.8, 4) is 0 Å². The number of carbonyl (C=O) groups is 1. The van der Waals surface area contributed by atoms with E-state index in [1.54, 1.807) is 16.0 Å². The molecule has 10 heteroatoms. The van der Waals surface area contributed by atoms with Gasteiger partial charge in [-0.3, -0.25) is 0 Å². The third-order valence-electron chi connectivity index (χ3n) is 5.10. The molecule has 2 aromatic rings. The van der Waals surface area contributed by atoms with Crippen LogP contribution in [0.1, 0.15) is 5.82 Å². The molecule has 2 amide bonds. The highest BCUT2D eigenvalue weighted by atomic mass is 32.2. The summed E-state index contributed by atoms with van der Waals surface area (Å²) in [6, 6.07) is 4.51. The highest BCUT2D eigenvalue weighted by molar-refractivity contribution is 7.89. The third-order valence-corrected chi connectivity index (χ3v) is 6.98. The topological polar surface area (TPSA) is 78.8 Å². The molecule has 0 aliphatic carbocycles. The Kier molecular flexibility index (Phi) is 4.39. The van der Waals surface area contributed by atoms with E-state index < -0.39 is 15.8 Å². The number of fused-ring (bicyclic) bond motifs is 1. The molecule has 1 atom stereocenters. The van der Waals surface area contributed by atoms with Gasteiger partial charge in [0.2, 0.25) is 10.0 Å². The van der Waals surface area contributed by atoms with Gasteiger partial charge < -0.3 is 14.4 Å². The number of piperazine rings is 1. The van der Waals surface area contributed by atoms with Crippen molar-refractivity contribution in [3.05, 3.63) is 48.3 Å². The molecule has 0 radical (unpaired) electrons. The average molecular weight is 393 g/mol. The molecule has 8 nitrogen and oxygen atoms in total. The van der Waals surface area contributed by atoms with Crippen LogP contribution in [0, 0.1) is 5.82 Å². The number of benzene rings is 1. The van der Waals surface area contributed by atoms with E-state index in [4.69, 9.17) is 0 Å². The number of amides is 2. The maximum absolute atomic E-state index is 13.1. The standard InChI is InChI=1S/C17H20FN5O3S/c1-20-7-6-19-16(20)12-21-10-14-11-22(8-9-23(14)17(21)24)27(25,26)15-4-2-13(18)3-5-15/h2-7,14H,8-12H2,1H3. The van der Waals surface area contributed by atoms with Gasteiger partial charge >= 0.3 is 6.03 Å². The molecule has 2 saturated heterocycles. The van der Waals surface area contributed by atoms with Crippen LogP contribution in [0.4, 0.5) is 9.18 Å². The van der Waals surface area contributed by atoms with Gasteiger partial charge in [0.15, 0.2) is 0 Å². The van der Waals surface area contributed by atoms with Gasteiger partial charge in [0.25, 0.3) is 0 Å². The lowest BCUT2D eigenvalue weighted by molar-refractivity contribution is 0.159. The Morgan fingerprint density at radius 2 is 1.93 bits per heavy atom. The monoisotopic (exact) mass is 393 g/mol. The maximum Gasteiger partial charge on any atom is 0.320 e. The van der Waals surface area contributed by atoms with Crippen molar-refractivity contribution in [1.82, 2.24) is 23.7 Å². The van der Waals surface area contributed by atoms with Crippen LogP contribution in [-0.4, -0.2) is 70.3 Å². The molecule has 0 spiro atoms. The second-order valence-corrected chi connectivity index (χ2v) is 8.72. The molecule has 27 heavy (non-hydrogen) atoms. The Morgan fingerprint density at radius 3 is 2.59 bits per heavy atom. The normalized spacial score (nSPS) is 21.0. The van der Waals surface area contributed by atoms with E-state index >= 15 is 0 Å². The average Bonchev–Trinajstić information content (AvgIpc) is 3.19. The second kappa shape index (κ2) is 6.61. The fourth-order valence-corrected chi connectivity index (χ4v) is 5.04. The summed E-state index contributed by atoms with van der Waals surface area (Å²) in [7, 11) is -1.85. The lowest BCUT2D eigenvalue weighted by Crippen LogP contribution is -2.53. The van der Waals surface area contributed by atoms with Gasteiger partial charge in [-0.15, -0.1) is 0 Å². The summed E-state index contributed by atoms with van der Waals surface area (Å²) in [6.45, 7) is 1.61. The SMILES string of the molecule is Cn1ccnc1CN1CC2CN(S(=O)(=O)c3ccc(F)cc3)CCN2C1=O. The van der Waals surface area contributed by atoms with Crippen molar-refractivity contribution < 1.29 is 17.6 Å². The minimum atomic E-state index is -3.72. The van der Waals surface area contributed by atoms with Crippen molar-refractivity contribution in [1.29, 1.82) is 0 Å². The summed E-state index contributed by atoms with van der Waals surface area (Å²) in [5.41, 5.74) is 0. The smallest absolute Gasteiger partial charge is 0.320 e. The van der Waals surface area contributed by atoms with E-state index in [0.29, 0.717) is 19.6 Å². The Balaban J connectivity index is 1.49. The highest BCUT2D eigenvalue weighted by Crippen LogP contribution is 2.26. The van der Waals surface area contributed by atoms with Gasteiger partial charge in [-0.05, 0) is 24.3 Å². The van der Waals surface area contributed by atoms with Gasteiger partial charge in [-0.25, -0.2) is 22.6 Å². The summed E-state index contributed by atoms with van der Waals surface area (Å²) in [6.07, 6.45) is 3.50. The molecule has 1 aromatic heterocycles. The molecule has 0 bridgehead atoms. The van der Waals surface area contributed by atoms with E-state index in [1.165, 1.54) is 16.4 Å². The Bertz CT molecular complexity index is 959. The third kappa shape index (κ3) is 3.19. The van der Waals surface area contributed by atoms with Crippen molar-refractivity contribution in [2.45, 2.75) is 17.5 Å². The molecular formula is C17H20FN5O3S. The lowest BCUT2D eigenvalue weighted by atomic mass is 10.2. The van der Waals surface area contributed by atoms with Crippen LogP contribution in [-0.2, 0) is 23.6 Å². The number of aromatic nitrogens is 2. The van der Waals surface area contributed by atoms with Gasteiger partial charge in [-0.2, -0.15) is 4.31 Å². The number of urea groups is 1. The molecule has 2 fully saturated rings. The van der Waals surface area contributed by atoms with Crippen molar-refractivity contribution in [3.63, 3.8) is 0 Å². The zero-order valence-corrected chi connectivity index (χ0v) is 15.6.